The third-order valence-corrected chi connectivity index (χ3v) is 1.67. The summed E-state index contributed by atoms with van der Waals surface area (Å²) < 4.78 is 21.7. The molecule has 5 nitrogen and oxygen atoms in total. The first-order valence-corrected chi connectivity index (χ1v) is 3.95. The van der Waals surface area contributed by atoms with Gasteiger partial charge in [0.15, 0.2) is 0 Å². The lowest BCUT2D eigenvalue weighted by Gasteiger charge is -2.09. The van der Waals surface area contributed by atoms with Crippen molar-refractivity contribution in [1.82, 2.24) is 0 Å². The number of carboxylic acid groups (broad SMARTS) is 1. The second-order valence-corrected chi connectivity index (χ2v) is 2.62. The Labute approximate surface area is 85.2 Å². The monoisotopic (exact) mass is 214 g/mol. The fourth-order valence-electron chi connectivity index (χ4n) is 1.06. The van der Waals surface area contributed by atoms with E-state index < -0.39 is 19.1 Å². The predicted octanol–water partition coefficient (Wildman–Crippen LogP) is 0.216. The molecule has 0 aliphatic rings. The Morgan fingerprint density at radius 2 is 2.20 bits per heavy atom. The lowest BCUT2D eigenvalue weighted by atomic mass is 9.79. The van der Waals surface area contributed by atoms with Crippen molar-refractivity contribution < 1.29 is 28.7 Å². The molecule has 0 unspecified atom stereocenters. The lowest BCUT2D eigenvalue weighted by molar-refractivity contribution is 0.137. The third-order valence-electron chi connectivity index (χ3n) is 1.67. The average molecular weight is 214 g/mol. The van der Waals surface area contributed by atoms with E-state index in [9.17, 15) is 14.2 Å². The van der Waals surface area contributed by atoms with Gasteiger partial charge in [0, 0.05) is 5.46 Å². The molecule has 0 bridgehead atoms. The van der Waals surface area contributed by atoms with Crippen molar-refractivity contribution in [3.63, 3.8) is 0 Å². The summed E-state index contributed by atoms with van der Waals surface area (Å²) >= 11 is 0. The summed E-state index contributed by atoms with van der Waals surface area (Å²) in [6, 6.07) is 3.32. The highest BCUT2D eigenvalue weighted by molar-refractivity contribution is 6.62. The maximum absolute atomic E-state index is 12.8. The summed E-state index contributed by atoms with van der Waals surface area (Å²) in [5.41, 5.74) is -0.0834. The molecule has 0 aliphatic heterocycles. The van der Waals surface area contributed by atoms with Crippen LogP contribution in [0, 0.1) is 5.82 Å². The number of hydrogen-bond donors (Lipinski definition) is 2. The van der Waals surface area contributed by atoms with Crippen LogP contribution in [0.1, 0.15) is 0 Å². The van der Waals surface area contributed by atoms with E-state index in [0.717, 1.165) is 12.1 Å². The number of hydrogen-bond acceptors (Lipinski definition) is 4. The Morgan fingerprint density at radius 1 is 1.53 bits per heavy atom. The van der Waals surface area contributed by atoms with E-state index in [1.807, 2.05) is 0 Å². The standard InChI is InChI=1S/C8H8BFO5/c1-14-7-3-2-5(10)4-6(7)9(13)15-8(11)12/h2-4,13H,1H3,(H,11,12). The third kappa shape index (κ3) is 2.85. The molecule has 0 amide bonds. The normalized spacial score (nSPS) is 9.53. The summed E-state index contributed by atoms with van der Waals surface area (Å²) in [6.07, 6.45) is -1.66. The van der Waals surface area contributed by atoms with Gasteiger partial charge in [0.2, 0.25) is 0 Å². The molecule has 0 spiro atoms. The van der Waals surface area contributed by atoms with Crippen molar-refractivity contribution >= 4 is 18.7 Å². The molecule has 1 aromatic carbocycles. The van der Waals surface area contributed by atoms with Gasteiger partial charge in [-0.1, -0.05) is 0 Å². The van der Waals surface area contributed by atoms with Crippen LogP contribution in [0.4, 0.5) is 9.18 Å². The van der Waals surface area contributed by atoms with E-state index in [4.69, 9.17) is 9.84 Å². The second kappa shape index (κ2) is 4.65. The van der Waals surface area contributed by atoms with Gasteiger partial charge < -0.3 is 19.5 Å². The molecule has 15 heavy (non-hydrogen) atoms. The smallest absolute Gasteiger partial charge is 0.497 e. The van der Waals surface area contributed by atoms with Gasteiger partial charge >= 0.3 is 13.3 Å². The number of halogens is 1. The Bertz CT molecular complexity index is 370. The molecule has 1 rings (SSSR count). The number of ether oxygens (including phenoxy) is 1. The molecule has 0 aromatic heterocycles. The van der Waals surface area contributed by atoms with E-state index in [-0.39, 0.29) is 11.2 Å². The van der Waals surface area contributed by atoms with Gasteiger partial charge in [-0.05, 0) is 18.2 Å². The van der Waals surface area contributed by atoms with E-state index >= 15 is 0 Å². The Kier molecular flexibility index (Phi) is 3.51. The highest BCUT2D eigenvalue weighted by atomic mass is 19.1. The fourth-order valence-corrected chi connectivity index (χ4v) is 1.06. The first-order valence-electron chi connectivity index (χ1n) is 3.95. The minimum Gasteiger partial charge on any atom is -0.497 e. The van der Waals surface area contributed by atoms with Crippen molar-refractivity contribution in [2.45, 2.75) is 0 Å². The van der Waals surface area contributed by atoms with Crippen LogP contribution >= 0.6 is 0 Å². The van der Waals surface area contributed by atoms with Gasteiger partial charge in [0.25, 0.3) is 0 Å². The Hall–Kier alpha value is -1.76. The zero-order chi connectivity index (χ0) is 11.4. The first-order chi connectivity index (χ1) is 7.04. The van der Waals surface area contributed by atoms with Crippen molar-refractivity contribution in [2.24, 2.45) is 0 Å². The molecule has 0 fully saturated rings. The fraction of sp³-hybridized carbons (Fsp3) is 0.125. The highest BCUT2D eigenvalue weighted by Crippen LogP contribution is 2.09. The van der Waals surface area contributed by atoms with Crippen molar-refractivity contribution in [1.29, 1.82) is 0 Å². The SMILES string of the molecule is COc1ccc(F)cc1B(O)OC(=O)O. The van der Waals surface area contributed by atoms with E-state index in [0.29, 0.717) is 0 Å². The summed E-state index contributed by atoms with van der Waals surface area (Å²) in [7, 11) is -0.460. The lowest BCUT2D eigenvalue weighted by Crippen LogP contribution is -2.36. The zero-order valence-corrected chi connectivity index (χ0v) is 7.81. The molecule has 0 atom stereocenters. The summed E-state index contributed by atoms with van der Waals surface area (Å²) in [5.74, 6) is -0.482. The minimum absolute atomic E-state index is 0.0834. The van der Waals surface area contributed by atoms with Crippen LogP contribution < -0.4 is 10.2 Å². The van der Waals surface area contributed by atoms with Gasteiger partial charge in [0.05, 0.1) is 7.11 Å². The van der Waals surface area contributed by atoms with Crippen molar-refractivity contribution in [2.75, 3.05) is 7.11 Å². The summed E-state index contributed by atoms with van der Waals surface area (Å²) in [4.78, 5) is 10.2. The van der Waals surface area contributed by atoms with Crippen LogP contribution in [0.15, 0.2) is 18.2 Å². The Morgan fingerprint density at radius 3 is 2.73 bits per heavy atom. The zero-order valence-electron chi connectivity index (χ0n) is 7.81. The van der Waals surface area contributed by atoms with E-state index in [1.54, 1.807) is 0 Å². The molecule has 0 aliphatic carbocycles. The van der Waals surface area contributed by atoms with Crippen LogP contribution in [0.2, 0.25) is 0 Å². The van der Waals surface area contributed by atoms with Crippen LogP contribution in [-0.2, 0) is 4.65 Å². The molecule has 2 N–H and O–H groups in total. The van der Waals surface area contributed by atoms with Gasteiger partial charge in [-0.25, -0.2) is 9.18 Å². The first kappa shape index (κ1) is 11.3. The molecular formula is C8H8BFO5. The van der Waals surface area contributed by atoms with Gasteiger partial charge in [-0.2, -0.15) is 0 Å². The maximum Gasteiger partial charge on any atom is 0.568 e. The quantitative estimate of drug-likeness (QED) is 0.703. The number of rotatable bonds is 3. The molecule has 0 heterocycles. The van der Waals surface area contributed by atoms with Crippen LogP contribution in [0.5, 0.6) is 5.75 Å². The van der Waals surface area contributed by atoms with Gasteiger partial charge in [-0.3, -0.25) is 0 Å². The Balaban J connectivity index is 2.99. The molecular weight excluding hydrogens is 206 g/mol. The van der Waals surface area contributed by atoms with E-state index in [1.165, 1.54) is 13.2 Å². The van der Waals surface area contributed by atoms with Gasteiger partial charge in [-0.15, -0.1) is 0 Å². The minimum atomic E-state index is -1.77. The average Bonchev–Trinajstić information content (AvgIpc) is 2.16. The van der Waals surface area contributed by atoms with Crippen LogP contribution in [0.25, 0.3) is 0 Å². The molecule has 0 saturated carbocycles. The van der Waals surface area contributed by atoms with E-state index in [2.05, 4.69) is 4.65 Å². The molecule has 0 radical (unpaired) electrons. The highest BCUT2D eigenvalue weighted by Gasteiger charge is 2.26. The molecule has 0 saturated heterocycles. The van der Waals surface area contributed by atoms with Crippen molar-refractivity contribution in [3.05, 3.63) is 24.0 Å². The van der Waals surface area contributed by atoms with Crippen molar-refractivity contribution in [3.8, 4) is 5.75 Å². The summed E-state index contributed by atoms with van der Waals surface area (Å²) in [5, 5.41) is 17.5. The van der Waals surface area contributed by atoms with Crippen LogP contribution in [0.3, 0.4) is 0 Å². The molecule has 1 aromatic rings. The maximum atomic E-state index is 12.8. The second-order valence-electron chi connectivity index (χ2n) is 2.62. The number of methoxy groups -OCH3 is 1. The largest absolute Gasteiger partial charge is 0.568 e. The number of carbonyl (C=O) groups is 1. The topological polar surface area (TPSA) is 76.0 Å². The molecule has 7 heteroatoms. The predicted molar refractivity (Wildman–Crippen MR) is 49.7 cm³/mol. The van der Waals surface area contributed by atoms with Gasteiger partial charge in [0.1, 0.15) is 11.6 Å². The summed E-state index contributed by atoms with van der Waals surface area (Å²) in [6.45, 7) is 0. The molecule has 80 valence electrons. The number of benzene rings is 1. The van der Waals surface area contributed by atoms with Crippen LogP contribution in [-0.4, -0.2) is 30.5 Å².